The van der Waals surface area contributed by atoms with E-state index in [0.717, 1.165) is 24.4 Å². The van der Waals surface area contributed by atoms with Gasteiger partial charge in [-0.25, -0.2) is 0 Å². The standard InChI is InChI=1S/C13H26OSi/c1-13(2)11-7-6-10(12(13)8-11)9-14-15(3,4)5/h10-12H,6-9H2,1-5H3. The van der Waals surface area contributed by atoms with Gasteiger partial charge in [0.1, 0.15) is 0 Å². The fourth-order valence-corrected chi connectivity index (χ4v) is 4.23. The monoisotopic (exact) mass is 226 g/mol. The van der Waals surface area contributed by atoms with Crippen molar-refractivity contribution >= 4 is 8.32 Å². The van der Waals surface area contributed by atoms with Gasteiger partial charge in [0.15, 0.2) is 8.32 Å². The molecule has 0 spiro atoms. The highest BCUT2D eigenvalue weighted by atomic mass is 28.4. The summed E-state index contributed by atoms with van der Waals surface area (Å²) in [6.07, 6.45) is 4.35. The molecular formula is C13H26OSi. The Hall–Kier alpha value is 0.177. The predicted molar refractivity (Wildman–Crippen MR) is 67.4 cm³/mol. The lowest BCUT2D eigenvalue weighted by atomic mass is 9.46. The smallest absolute Gasteiger partial charge is 0.183 e. The van der Waals surface area contributed by atoms with Crippen LogP contribution in [0.2, 0.25) is 19.6 Å². The molecule has 3 rings (SSSR count). The van der Waals surface area contributed by atoms with Crippen LogP contribution in [0.4, 0.5) is 0 Å². The average Bonchev–Trinajstić information content (AvgIpc) is 2.13. The van der Waals surface area contributed by atoms with Crippen molar-refractivity contribution in [3.05, 3.63) is 0 Å². The highest BCUT2D eigenvalue weighted by molar-refractivity contribution is 6.69. The molecule has 0 N–H and O–H groups in total. The lowest BCUT2D eigenvalue weighted by molar-refractivity contribution is -0.114. The van der Waals surface area contributed by atoms with E-state index in [1.54, 1.807) is 0 Å². The normalized spacial score (nSPS) is 38.6. The zero-order chi connectivity index (χ0) is 11.3. The van der Waals surface area contributed by atoms with Crippen LogP contribution in [0.1, 0.15) is 33.1 Å². The van der Waals surface area contributed by atoms with E-state index in [2.05, 4.69) is 33.5 Å². The minimum absolute atomic E-state index is 0.617. The molecule has 0 aromatic heterocycles. The maximum absolute atomic E-state index is 6.10. The third kappa shape index (κ3) is 2.16. The molecule has 1 nitrogen and oxygen atoms in total. The summed E-state index contributed by atoms with van der Waals surface area (Å²) in [6.45, 7) is 12.9. The Labute approximate surface area is 95.7 Å². The Bertz CT molecular complexity index is 239. The number of rotatable bonds is 3. The second-order valence-electron chi connectivity index (χ2n) is 7.12. The first-order valence-electron chi connectivity index (χ1n) is 6.44. The topological polar surface area (TPSA) is 9.23 Å². The van der Waals surface area contributed by atoms with Crippen molar-refractivity contribution in [2.45, 2.75) is 52.8 Å². The van der Waals surface area contributed by atoms with Gasteiger partial charge in [0.2, 0.25) is 0 Å². The minimum atomic E-state index is -1.30. The van der Waals surface area contributed by atoms with Crippen molar-refractivity contribution in [3.63, 3.8) is 0 Å². The van der Waals surface area contributed by atoms with Crippen LogP contribution in [0.3, 0.4) is 0 Å². The Morgan fingerprint density at radius 3 is 2.33 bits per heavy atom. The minimum Gasteiger partial charge on any atom is -0.417 e. The molecule has 0 heterocycles. The van der Waals surface area contributed by atoms with Crippen LogP contribution in [0.25, 0.3) is 0 Å². The molecule has 0 aromatic carbocycles. The van der Waals surface area contributed by atoms with Crippen molar-refractivity contribution in [3.8, 4) is 0 Å². The van der Waals surface area contributed by atoms with Gasteiger partial charge in [0.25, 0.3) is 0 Å². The molecule has 3 unspecified atom stereocenters. The third-order valence-corrected chi connectivity index (χ3v) is 5.76. The third-order valence-electron chi connectivity index (χ3n) is 4.73. The van der Waals surface area contributed by atoms with Crippen molar-refractivity contribution < 1.29 is 4.43 Å². The van der Waals surface area contributed by atoms with Crippen LogP contribution in [0, 0.1) is 23.2 Å². The van der Waals surface area contributed by atoms with E-state index >= 15 is 0 Å². The first-order chi connectivity index (χ1) is 6.81. The maximum Gasteiger partial charge on any atom is 0.183 e. The maximum atomic E-state index is 6.10. The Morgan fingerprint density at radius 2 is 1.87 bits per heavy atom. The van der Waals surface area contributed by atoms with Crippen molar-refractivity contribution in [1.82, 2.24) is 0 Å². The summed E-state index contributed by atoms with van der Waals surface area (Å²) in [4.78, 5) is 0. The Balaban J connectivity index is 1.89. The molecule has 88 valence electrons. The molecule has 3 aliphatic rings. The molecule has 15 heavy (non-hydrogen) atoms. The van der Waals surface area contributed by atoms with Crippen LogP contribution in [0.15, 0.2) is 0 Å². The summed E-state index contributed by atoms with van der Waals surface area (Å²) in [5.74, 6) is 2.83. The molecule has 3 saturated carbocycles. The van der Waals surface area contributed by atoms with E-state index in [4.69, 9.17) is 4.43 Å². The van der Waals surface area contributed by atoms with Gasteiger partial charge in [-0.15, -0.1) is 0 Å². The zero-order valence-corrected chi connectivity index (χ0v) is 12.0. The SMILES string of the molecule is CC1(C)C2CCC(CO[Si](C)(C)C)C1C2. The average molecular weight is 226 g/mol. The molecule has 0 saturated heterocycles. The van der Waals surface area contributed by atoms with E-state index in [1.165, 1.54) is 19.3 Å². The van der Waals surface area contributed by atoms with Crippen molar-refractivity contribution in [2.24, 2.45) is 23.2 Å². The summed E-state index contributed by atoms with van der Waals surface area (Å²) >= 11 is 0. The Morgan fingerprint density at radius 1 is 1.20 bits per heavy atom. The second-order valence-corrected chi connectivity index (χ2v) is 11.6. The lowest BCUT2D eigenvalue weighted by Gasteiger charge is -2.60. The molecule has 2 bridgehead atoms. The van der Waals surface area contributed by atoms with E-state index < -0.39 is 8.32 Å². The molecular weight excluding hydrogens is 200 g/mol. The summed E-state index contributed by atoms with van der Waals surface area (Å²) in [5.41, 5.74) is 0.617. The van der Waals surface area contributed by atoms with E-state index in [0.29, 0.717) is 5.41 Å². The first-order valence-corrected chi connectivity index (χ1v) is 9.85. The van der Waals surface area contributed by atoms with Gasteiger partial charge in [-0.1, -0.05) is 13.8 Å². The molecule has 0 aromatic rings. The van der Waals surface area contributed by atoms with E-state index in [-0.39, 0.29) is 0 Å². The number of hydrogen-bond acceptors (Lipinski definition) is 1. The number of fused-ring (bicyclic) bond motifs is 2. The van der Waals surface area contributed by atoms with Crippen LogP contribution < -0.4 is 0 Å². The second kappa shape index (κ2) is 3.59. The molecule has 3 atom stereocenters. The molecule has 3 aliphatic carbocycles. The van der Waals surface area contributed by atoms with Crippen LogP contribution in [0.5, 0.6) is 0 Å². The first kappa shape index (κ1) is 11.7. The lowest BCUT2D eigenvalue weighted by Crippen LogP contribution is -2.53. The van der Waals surface area contributed by atoms with Crippen LogP contribution >= 0.6 is 0 Å². The summed E-state index contributed by atoms with van der Waals surface area (Å²) in [5, 5.41) is 0. The van der Waals surface area contributed by atoms with Gasteiger partial charge in [-0.2, -0.15) is 0 Å². The van der Waals surface area contributed by atoms with Crippen molar-refractivity contribution in [2.75, 3.05) is 6.61 Å². The van der Waals surface area contributed by atoms with Crippen molar-refractivity contribution in [1.29, 1.82) is 0 Å². The predicted octanol–water partition coefficient (Wildman–Crippen LogP) is 3.91. The van der Waals surface area contributed by atoms with Gasteiger partial charge in [0.05, 0.1) is 0 Å². The summed E-state index contributed by atoms with van der Waals surface area (Å²) in [7, 11) is -1.30. The zero-order valence-electron chi connectivity index (χ0n) is 11.0. The quantitative estimate of drug-likeness (QED) is 0.663. The fraction of sp³-hybridized carbons (Fsp3) is 1.00. The van der Waals surface area contributed by atoms with Crippen LogP contribution in [-0.4, -0.2) is 14.9 Å². The van der Waals surface area contributed by atoms with Gasteiger partial charge in [-0.05, 0) is 62.1 Å². The van der Waals surface area contributed by atoms with Gasteiger partial charge in [0, 0.05) is 6.61 Å². The molecule has 0 radical (unpaired) electrons. The Kier molecular flexibility index (Phi) is 2.79. The largest absolute Gasteiger partial charge is 0.417 e. The van der Waals surface area contributed by atoms with E-state index in [9.17, 15) is 0 Å². The van der Waals surface area contributed by atoms with Gasteiger partial charge >= 0.3 is 0 Å². The van der Waals surface area contributed by atoms with Gasteiger partial charge in [-0.3, -0.25) is 0 Å². The summed E-state index contributed by atoms with van der Waals surface area (Å²) in [6, 6.07) is 0. The molecule has 3 fully saturated rings. The van der Waals surface area contributed by atoms with Gasteiger partial charge < -0.3 is 4.43 Å². The molecule has 0 aliphatic heterocycles. The number of hydrogen-bond donors (Lipinski definition) is 0. The molecule has 2 heteroatoms. The molecule has 0 amide bonds. The van der Waals surface area contributed by atoms with E-state index in [1.807, 2.05) is 0 Å². The summed E-state index contributed by atoms with van der Waals surface area (Å²) < 4.78 is 6.10. The van der Waals surface area contributed by atoms with Crippen LogP contribution in [-0.2, 0) is 4.43 Å². The highest BCUT2D eigenvalue weighted by Gasteiger charge is 2.54. The fourth-order valence-electron chi connectivity index (χ4n) is 3.52. The highest BCUT2D eigenvalue weighted by Crippen LogP contribution is 2.61.